The minimum Gasteiger partial charge on any atom is -0.379 e. The first kappa shape index (κ1) is 17.1. The van der Waals surface area contributed by atoms with Crippen LogP contribution in [0.15, 0.2) is 60.7 Å². The maximum Gasteiger partial charge on any atom is 0.106 e. The van der Waals surface area contributed by atoms with Crippen LogP contribution in [-0.2, 0) is 0 Å². The summed E-state index contributed by atoms with van der Waals surface area (Å²) < 4.78 is 0. The Morgan fingerprint density at radius 3 is 1.59 bits per heavy atom. The molecule has 0 fully saturated rings. The van der Waals surface area contributed by atoms with Gasteiger partial charge in [0, 0.05) is 6.54 Å². The van der Waals surface area contributed by atoms with Gasteiger partial charge in [0.25, 0.3) is 0 Å². The zero-order chi connectivity index (χ0) is 15.9. The van der Waals surface area contributed by atoms with Gasteiger partial charge in [-0.15, -0.1) is 0 Å². The Morgan fingerprint density at radius 1 is 0.818 bits per heavy atom. The Kier molecular flexibility index (Phi) is 6.53. The van der Waals surface area contributed by atoms with Gasteiger partial charge in [-0.25, -0.2) is 0 Å². The normalized spacial score (nSPS) is 14.3. The Bertz CT molecular complexity index is 498. The topological polar surface area (TPSA) is 43.7 Å². The fraction of sp³-hybridized carbons (Fsp3) is 0.333. The van der Waals surface area contributed by atoms with Crippen molar-refractivity contribution in [2.24, 2.45) is 0 Å². The summed E-state index contributed by atoms with van der Waals surface area (Å²) in [4.78, 5) is 1.71. The summed E-state index contributed by atoms with van der Waals surface area (Å²) >= 11 is 0. The van der Waals surface area contributed by atoms with Crippen LogP contribution in [0.4, 0.5) is 0 Å². The van der Waals surface area contributed by atoms with Gasteiger partial charge in [0.1, 0.15) is 12.5 Å². The molecular formula is C18H24NO2P. The number of nitrogens with zero attached hydrogens (tertiary/aromatic N) is 1. The quantitative estimate of drug-likeness (QED) is 0.607. The molecule has 2 aromatic carbocycles. The summed E-state index contributed by atoms with van der Waals surface area (Å²) in [5, 5.41) is 22.3. The average Bonchev–Trinajstić information content (AvgIpc) is 2.52. The van der Waals surface area contributed by atoms with Crippen molar-refractivity contribution >= 4 is 18.5 Å². The number of hydrogen-bond donors (Lipinski definition) is 2. The first-order valence-electron chi connectivity index (χ1n) is 7.59. The van der Waals surface area contributed by atoms with E-state index in [2.05, 4.69) is 48.5 Å². The monoisotopic (exact) mass is 317 g/mol. The second-order valence-corrected chi connectivity index (χ2v) is 7.66. The Morgan fingerprint density at radius 2 is 1.23 bits per heavy atom. The molecule has 2 atom stereocenters. The lowest BCUT2D eigenvalue weighted by atomic mass is 10.4. The third-order valence-electron chi connectivity index (χ3n) is 3.68. The van der Waals surface area contributed by atoms with E-state index in [1.807, 2.05) is 12.1 Å². The predicted molar refractivity (Wildman–Crippen MR) is 94.0 cm³/mol. The molecule has 0 aromatic heterocycles. The van der Waals surface area contributed by atoms with Crippen molar-refractivity contribution in [2.45, 2.75) is 26.3 Å². The number of rotatable bonds is 7. The first-order chi connectivity index (χ1) is 10.6. The molecule has 2 aromatic rings. The molecule has 0 radical (unpaired) electrons. The summed E-state index contributed by atoms with van der Waals surface area (Å²) in [5.41, 5.74) is 0. The van der Waals surface area contributed by atoms with Crippen LogP contribution in [-0.4, -0.2) is 40.3 Å². The standard InChI is InChI=1S/C18H24NO2P/c1-15(20)19(16(2)21)13-14-22(17-9-5-3-6-10-17)18-11-7-4-8-12-18/h3-12,15-16,20-21H,13-14H2,1-2H3. The molecule has 2 rings (SSSR count). The summed E-state index contributed by atoms with van der Waals surface area (Å²) in [5.74, 6) is 0. The van der Waals surface area contributed by atoms with Crippen molar-refractivity contribution in [1.82, 2.24) is 4.90 Å². The zero-order valence-electron chi connectivity index (χ0n) is 13.1. The largest absolute Gasteiger partial charge is 0.379 e. The van der Waals surface area contributed by atoms with Crippen molar-refractivity contribution in [2.75, 3.05) is 12.7 Å². The van der Waals surface area contributed by atoms with Gasteiger partial charge in [0.05, 0.1) is 0 Å². The van der Waals surface area contributed by atoms with Gasteiger partial charge in [0.15, 0.2) is 0 Å². The fourth-order valence-corrected chi connectivity index (χ4v) is 4.83. The molecule has 0 amide bonds. The summed E-state index contributed by atoms with van der Waals surface area (Å²) in [6.45, 7) is 4.05. The molecule has 22 heavy (non-hydrogen) atoms. The number of hydrogen-bond acceptors (Lipinski definition) is 3. The molecule has 4 heteroatoms. The van der Waals surface area contributed by atoms with E-state index >= 15 is 0 Å². The van der Waals surface area contributed by atoms with Gasteiger partial charge in [-0.05, 0) is 38.5 Å². The summed E-state index contributed by atoms with van der Waals surface area (Å²) in [6, 6.07) is 21.0. The highest BCUT2D eigenvalue weighted by Gasteiger charge is 2.20. The Hall–Kier alpha value is -1.25. The van der Waals surface area contributed by atoms with Crippen LogP contribution in [0.5, 0.6) is 0 Å². The molecule has 118 valence electrons. The van der Waals surface area contributed by atoms with E-state index in [9.17, 15) is 10.2 Å². The second kappa shape index (κ2) is 8.40. The molecule has 0 saturated heterocycles. The second-order valence-electron chi connectivity index (χ2n) is 5.32. The first-order valence-corrected chi connectivity index (χ1v) is 9.12. The lowest BCUT2D eigenvalue weighted by Crippen LogP contribution is -2.42. The van der Waals surface area contributed by atoms with E-state index in [4.69, 9.17) is 0 Å². The van der Waals surface area contributed by atoms with Crippen LogP contribution in [0.25, 0.3) is 0 Å². The molecule has 0 aliphatic heterocycles. The van der Waals surface area contributed by atoms with Crippen LogP contribution in [0.2, 0.25) is 0 Å². The van der Waals surface area contributed by atoms with E-state index in [1.54, 1.807) is 18.7 Å². The third kappa shape index (κ3) is 4.62. The molecule has 2 unspecified atom stereocenters. The molecule has 0 spiro atoms. The number of aliphatic hydroxyl groups is 2. The van der Waals surface area contributed by atoms with E-state index in [-0.39, 0.29) is 0 Å². The Labute approximate surface area is 134 Å². The zero-order valence-corrected chi connectivity index (χ0v) is 14.0. The molecule has 0 aliphatic rings. The lowest BCUT2D eigenvalue weighted by molar-refractivity contribution is -0.0800. The third-order valence-corrected chi connectivity index (χ3v) is 6.17. The van der Waals surface area contributed by atoms with Crippen LogP contribution in [0.3, 0.4) is 0 Å². The molecule has 0 bridgehead atoms. The van der Waals surface area contributed by atoms with Gasteiger partial charge in [-0.3, -0.25) is 4.90 Å². The Balaban J connectivity index is 2.19. The van der Waals surface area contributed by atoms with Crippen LogP contribution in [0, 0.1) is 0 Å². The molecular weight excluding hydrogens is 293 g/mol. The summed E-state index contributed by atoms with van der Waals surface area (Å²) in [7, 11) is -0.497. The van der Waals surface area contributed by atoms with Crippen LogP contribution < -0.4 is 10.6 Å². The average molecular weight is 317 g/mol. The molecule has 2 N–H and O–H groups in total. The fourth-order valence-electron chi connectivity index (χ4n) is 2.52. The number of benzene rings is 2. The van der Waals surface area contributed by atoms with Crippen LogP contribution >= 0.6 is 7.92 Å². The highest BCUT2D eigenvalue weighted by Crippen LogP contribution is 2.33. The lowest BCUT2D eigenvalue weighted by Gasteiger charge is -2.30. The van der Waals surface area contributed by atoms with E-state index in [0.29, 0.717) is 6.54 Å². The molecule has 0 heterocycles. The number of aliphatic hydroxyl groups excluding tert-OH is 2. The minimum absolute atomic E-state index is 0.497. The smallest absolute Gasteiger partial charge is 0.106 e. The van der Waals surface area contributed by atoms with Crippen molar-refractivity contribution in [3.8, 4) is 0 Å². The highest BCUT2D eigenvalue weighted by molar-refractivity contribution is 7.73. The van der Waals surface area contributed by atoms with Crippen molar-refractivity contribution in [3.63, 3.8) is 0 Å². The van der Waals surface area contributed by atoms with Crippen molar-refractivity contribution in [3.05, 3.63) is 60.7 Å². The highest BCUT2D eigenvalue weighted by atomic mass is 31.1. The van der Waals surface area contributed by atoms with Crippen molar-refractivity contribution < 1.29 is 10.2 Å². The van der Waals surface area contributed by atoms with Gasteiger partial charge in [-0.1, -0.05) is 60.7 Å². The van der Waals surface area contributed by atoms with E-state index in [1.165, 1.54) is 10.6 Å². The van der Waals surface area contributed by atoms with Gasteiger partial charge in [0.2, 0.25) is 0 Å². The van der Waals surface area contributed by atoms with Gasteiger partial charge >= 0.3 is 0 Å². The summed E-state index contributed by atoms with van der Waals surface area (Å²) in [6.07, 6.45) is -0.397. The molecule has 0 aliphatic carbocycles. The van der Waals surface area contributed by atoms with Crippen LogP contribution in [0.1, 0.15) is 13.8 Å². The van der Waals surface area contributed by atoms with E-state index in [0.717, 1.165) is 6.16 Å². The predicted octanol–water partition coefficient (Wildman–Crippen LogP) is 2.10. The maximum absolute atomic E-state index is 9.81. The van der Waals surface area contributed by atoms with Crippen molar-refractivity contribution in [1.29, 1.82) is 0 Å². The van der Waals surface area contributed by atoms with Gasteiger partial charge < -0.3 is 10.2 Å². The van der Waals surface area contributed by atoms with E-state index < -0.39 is 20.4 Å². The molecule has 3 nitrogen and oxygen atoms in total. The minimum atomic E-state index is -0.650. The maximum atomic E-state index is 9.81. The SMILES string of the molecule is CC(O)N(CCP(c1ccccc1)c1ccccc1)C(C)O. The van der Waals surface area contributed by atoms with Gasteiger partial charge in [-0.2, -0.15) is 0 Å². The molecule has 0 saturated carbocycles.